The number of fused-ring (bicyclic) bond motifs is 1. The van der Waals surface area contributed by atoms with Crippen LogP contribution in [0, 0.1) is 11.2 Å². The monoisotopic (exact) mass is 562 g/mol. The molecule has 9 nitrogen and oxygen atoms in total. The fourth-order valence-electron chi connectivity index (χ4n) is 3.33. The SMILES string of the molecule is CC(C)(O)C(=N)NS(=O)(=O)c1cc(C(=O)C(C(=O)c2ccc(Cl)s2)=C2Nc3ccccc3N2)ccc1F. The molecule has 0 amide bonds. The van der Waals surface area contributed by atoms with E-state index in [1.807, 2.05) is 0 Å². The van der Waals surface area contributed by atoms with Crippen molar-refractivity contribution in [2.24, 2.45) is 0 Å². The summed E-state index contributed by atoms with van der Waals surface area (Å²) in [4.78, 5) is 26.3. The summed E-state index contributed by atoms with van der Waals surface area (Å²) in [7, 11) is -4.70. The Morgan fingerprint density at radius 1 is 1.05 bits per heavy atom. The highest BCUT2D eigenvalue weighted by atomic mass is 35.5. The molecule has 0 spiro atoms. The highest BCUT2D eigenvalue weighted by Gasteiger charge is 2.32. The van der Waals surface area contributed by atoms with Gasteiger partial charge in [0.25, 0.3) is 10.0 Å². The zero-order valence-electron chi connectivity index (χ0n) is 19.3. The van der Waals surface area contributed by atoms with Crippen LogP contribution in [0.15, 0.2) is 70.9 Å². The number of nitrogens with one attached hydrogen (secondary N) is 4. The van der Waals surface area contributed by atoms with E-state index in [4.69, 9.17) is 17.0 Å². The number of thiophene rings is 1. The van der Waals surface area contributed by atoms with E-state index in [9.17, 15) is 27.5 Å². The summed E-state index contributed by atoms with van der Waals surface area (Å²) in [6.07, 6.45) is 0. The van der Waals surface area contributed by atoms with Crippen LogP contribution in [0.5, 0.6) is 0 Å². The second kappa shape index (κ2) is 9.71. The topological polar surface area (TPSA) is 148 Å². The van der Waals surface area contributed by atoms with Crippen molar-refractivity contribution in [1.82, 2.24) is 4.72 Å². The van der Waals surface area contributed by atoms with Crippen molar-refractivity contribution in [3.05, 3.63) is 86.6 Å². The maximum absolute atomic E-state index is 14.6. The summed E-state index contributed by atoms with van der Waals surface area (Å²) in [6, 6.07) is 12.5. The van der Waals surface area contributed by atoms with E-state index in [0.29, 0.717) is 15.7 Å². The second-order valence-electron chi connectivity index (χ2n) is 8.49. The molecule has 192 valence electrons. The number of halogens is 2. The van der Waals surface area contributed by atoms with Crippen LogP contribution >= 0.6 is 22.9 Å². The maximum Gasteiger partial charge on any atom is 0.265 e. The molecule has 2 heterocycles. The average molecular weight is 563 g/mol. The van der Waals surface area contributed by atoms with E-state index in [2.05, 4.69) is 10.6 Å². The van der Waals surface area contributed by atoms with Crippen molar-refractivity contribution in [1.29, 1.82) is 5.41 Å². The number of hydrogen-bond acceptors (Lipinski definition) is 9. The van der Waals surface area contributed by atoms with Crippen LogP contribution in [-0.4, -0.2) is 36.5 Å². The van der Waals surface area contributed by atoms with Crippen LogP contribution < -0.4 is 15.4 Å². The smallest absolute Gasteiger partial charge is 0.265 e. The summed E-state index contributed by atoms with van der Waals surface area (Å²) >= 11 is 6.94. The third-order valence-corrected chi connectivity index (χ3v) is 7.87. The number of Topliss-reactive ketones (excluding diaryl/α,β-unsaturated/α-hetero) is 2. The molecule has 5 N–H and O–H groups in total. The molecule has 0 bridgehead atoms. The van der Waals surface area contributed by atoms with Crippen LogP contribution in [0.1, 0.15) is 33.9 Å². The molecular weight excluding hydrogens is 543 g/mol. The molecule has 37 heavy (non-hydrogen) atoms. The minimum atomic E-state index is -4.70. The predicted octanol–water partition coefficient (Wildman–Crippen LogP) is 4.38. The molecule has 0 atom stereocenters. The van der Waals surface area contributed by atoms with Crippen LogP contribution in [0.4, 0.5) is 15.8 Å². The van der Waals surface area contributed by atoms with Gasteiger partial charge < -0.3 is 15.7 Å². The molecule has 3 aromatic rings. The molecule has 0 unspecified atom stereocenters. The fourth-order valence-corrected chi connectivity index (χ4v) is 5.55. The number of carbonyl (C=O) groups is 2. The standard InChI is InChI=1S/C24H20ClFN4O5S2/c1-24(2,33)23(27)30-37(34,35)17-11-12(7-8-13(17)26)20(31)19(21(32)16-9-10-18(25)36-16)22-28-14-5-3-4-6-15(14)29-22/h3-11,28-29,33H,1-2H3,(H2,27,30). The Labute approximate surface area is 220 Å². The lowest BCUT2D eigenvalue weighted by molar-refractivity contribution is 0.0963. The molecular formula is C24H20ClFN4O5S2. The van der Waals surface area contributed by atoms with E-state index in [0.717, 1.165) is 29.5 Å². The third-order valence-electron chi connectivity index (χ3n) is 5.28. The normalized spacial score (nSPS) is 12.8. The Balaban J connectivity index is 1.79. The van der Waals surface area contributed by atoms with Gasteiger partial charge in [-0.1, -0.05) is 23.7 Å². The first-order valence-corrected chi connectivity index (χ1v) is 13.3. The van der Waals surface area contributed by atoms with E-state index < -0.39 is 43.7 Å². The highest BCUT2D eigenvalue weighted by molar-refractivity contribution is 7.90. The Morgan fingerprint density at radius 3 is 2.22 bits per heavy atom. The number of sulfonamides is 1. The fraction of sp³-hybridized carbons (Fsp3) is 0.125. The molecule has 0 aliphatic carbocycles. The molecule has 1 aromatic heterocycles. The summed E-state index contributed by atoms with van der Waals surface area (Å²) < 4.78 is 42.3. The lowest BCUT2D eigenvalue weighted by Crippen LogP contribution is -2.44. The van der Waals surface area contributed by atoms with E-state index in [1.165, 1.54) is 26.0 Å². The van der Waals surface area contributed by atoms with Gasteiger partial charge in [-0.05, 0) is 56.3 Å². The molecule has 0 fully saturated rings. The molecule has 13 heteroatoms. The number of amidine groups is 1. The van der Waals surface area contributed by atoms with E-state index >= 15 is 0 Å². The Morgan fingerprint density at radius 2 is 1.68 bits per heavy atom. The number of benzene rings is 2. The summed E-state index contributed by atoms with van der Waals surface area (Å²) in [5, 5.41) is 23.6. The number of para-hydroxylation sites is 2. The average Bonchev–Trinajstić information content (AvgIpc) is 3.44. The van der Waals surface area contributed by atoms with Gasteiger partial charge in [0.05, 0.1) is 20.6 Å². The first kappa shape index (κ1) is 26.5. The van der Waals surface area contributed by atoms with E-state index in [1.54, 1.807) is 29.0 Å². The quantitative estimate of drug-likeness (QED) is 0.0716. The van der Waals surface area contributed by atoms with Crippen LogP contribution in [0.2, 0.25) is 4.34 Å². The Kier molecular flexibility index (Phi) is 6.95. The lowest BCUT2D eigenvalue weighted by atomic mass is 9.98. The molecule has 2 aromatic carbocycles. The van der Waals surface area contributed by atoms with Crippen LogP contribution in [0.25, 0.3) is 0 Å². The van der Waals surface area contributed by atoms with Gasteiger partial charge in [-0.2, -0.15) is 0 Å². The maximum atomic E-state index is 14.6. The number of ketones is 2. The predicted molar refractivity (Wildman–Crippen MR) is 139 cm³/mol. The number of rotatable bonds is 7. The van der Waals surface area contributed by atoms with Crippen LogP contribution in [-0.2, 0) is 10.0 Å². The molecule has 0 radical (unpaired) electrons. The van der Waals surface area contributed by atoms with Crippen molar-refractivity contribution >= 4 is 61.7 Å². The zero-order valence-corrected chi connectivity index (χ0v) is 21.7. The highest BCUT2D eigenvalue weighted by Crippen LogP contribution is 2.34. The molecule has 0 saturated carbocycles. The first-order chi connectivity index (χ1) is 17.3. The second-order valence-corrected chi connectivity index (χ2v) is 11.9. The lowest BCUT2D eigenvalue weighted by Gasteiger charge is -2.20. The van der Waals surface area contributed by atoms with Gasteiger partial charge in [0.15, 0.2) is 0 Å². The number of carbonyl (C=O) groups excluding carboxylic acids is 2. The largest absolute Gasteiger partial charge is 0.383 e. The molecule has 1 aliphatic rings. The van der Waals surface area contributed by atoms with E-state index in [-0.39, 0.29) is 21.8 Å². The first-order valence-electron chi connectivity index (χ1n) is 10.6. The molecule has 0 saturated heterocycles. The van der Waals surface area contributed by atoms with Gasteiger partial charge in [0.1, 0.15) is 33.5 Å². The number of aliphatic hydroxyl groups is 1. The third kappa shape index (κ3) is 5.42. The Hall–Kier alpha value is -3.58. The zero-order chi connectivity index (χ0) is 27.1. The molecule has 4 rings (SSSR count). The van der Waals surface area contributed by atoms with Gasteiger partial charge in [-0.3, -0.25) is 19.7 Å². The van der Waals surface area contributed by atoms with Gasteiger partial charge in [-0.25, -0.2) is 12.8 Å². The number of anilines is 2. The van der Waals surface area contributed by atoms with Gasteiger partial charge in [0, 0.05) is 5.56 Å². The minimum absolute atomic E-state index is 0.0661. The summed E-state index contributed by atoms with van der Waals surface area (Å²) in [6.45, 7) is 2.35. The van der Waals surface area contributed by atoms with Crippen molar-refractivity contribution < 1.29 is 27.5 Å². The van der Waals surface area contributed by atoms with Crippen molar-refractivity contribution in [2.45, 2.75) is 24.3 Å². The van der Waals surface area contributed by atoms with Gasteiger partial charge >= 0.3 is 0 Å². The van der Waals surface area contributed by atoms with Gasteiger partial charge in [0.2, 0.25) is 11.6 Å². The minimum Gasteiger partial charge on any atom is -0.383 e. The van der Waals surface area contributed by atoms with Crippen molar-refractivity contribution in [2.75, 3.05) is 10.6 Å². The summed E-state index contributed by atoms with van der Waals surface area (Å²) in [5.41, 5.74) is -1.28. The number of allylic oxidation sites excluding steroid dienone is 1. The van der Waals surface area contributed by atoms with Crippen molar-refractivity contribution in [3.63, 3.8) is 0 Å². The molecule has 1 aliphatic heterocycles. The van der Waals surface area contributed by atoms with Crippen LogP contribution in [0.3, 0.4) is 0 Å². The Bertz CT molecular complexity index is 1570. The van der Waals surface area contributed by atoms with Crippen molar-refractivity contribution in [3.8, 4) is 0 Å². The van der Waals surface area contributed by atoms with Gasteiger partial charge in [-0.15, -0.1) is 11.3 Å². The number of hydrogen-bond donors (Lipinski definition) is 5. The summed E-state index contributed by atoms with van der Waals surface area (Å²) in [5.74, 6) is -3.49.